The van der Waals surface area contributed by atoms with E-state index in [0.29, 0.717) is 11.9 Å². The maximum Gasteiger partial charge on any atom is 0.143 e. The lowest BCUT2D eigenvalue weighted by atomic mass is 9.86. The fourth-order valence-corrected chi connectivity index (χ4v) is 3.84. The molecule has 0 radical (unpaired) electrons. The number of hydrogen-bond acceptors (Lipinski definition) is 5. The minimum absolute atomic E-state index is 0.0491. The Bertz CT molecular complexity index is 369. The maximum absolute atomic E-state index is 8.86. The lowest BCUT2D eigenvalue weighted by Gasteiger charge is -2.44. The van der Waals surface area contributed by atoms with Crippen molar-refractivity contribution in [3.8, 4) is 0 Å². The van der Waals surface area contributed by atoms with Crippen molar-refractivity contribution in [2.24, 2.45) is 16.8 Å². The Kier molecular flexibility index (Phi) is 4.14. The first-order valence-electron chi connectivity index (χ1n) is 7.66. The summed E-state index contributed by atoms with van der Waals surface area (Å²) < 4.78 is 11.5. The molecule has 0 aromatic rings. The zero-order valence-electron chi connectivity index (χ0n) is 12.0. The molecule has 1 spiro atoms. The highest BCUT2D eigenvalue weighted by Crippen LogP contribution is 2.36. The van der Waals surface area contributed by atoms with E-state index >= 15 is 0 Å². The fraction of sp³-hybridized carbons (Fsp3) is 0.929. The number of ether oxygens (including phenoxy) is 2. The van der Waals surface area contributed by atoms with Crippen molar-refractivity contribution in [1.29, 1.82) is 0 Å². The normalized spacial score (nSPS) is 40.3. The highest BCUT2D eigenvalue weighted by Gasteiger charge is 2.43. The summed E-state index contributed by atoms with van der Waals surface area (Å²) in [7, 11) is 0. The summed E-state index contributed by atoms with van der Waals surface area (Å²) in [5.41, 5.74) is 5.73. The number of piperidine rings is 1. The van der Waals surface area contributed by atoms with Gasteiger partial charge < -0.3 is 20.4 Å². The van der Waals surface area contributed by atoms with Gasteiger partial charge in [0.05, 0.1) is 12.2 Å². The Hall–Kier alpha value is -0.850. The van der Waals surface area contributed by atoms with E-state index in [4.69, 9.17) is 20.4 Å². The van der Waals surface area contributed by atoms with Crippen LogP contribution in [0.25, 0.3) is 0 Å². The highest BCUT2D eigenvalue weighted by atomic mass is 16.6. The predicted octanol–water partition coefficient (Wildman–Crippen LogP) is 0.783. The van der Waals surface area contributed by atoms with Crippen LogP contribution in [-0.4, -0.2) is 60.5 Å². The average Bonchev–Trinajstić information content (AvgIpc) is 2.94. The van der Waals surface area contributed by atoms with E-state index in [1.165, 1.54) is 0 Å². The van der Waals surface area contributed by atoms with Gasteiger partial charge in [0.15, 0.2) is 0 Å². The van der Waals surface area contributed by atoms with Crippen LogP contribution in [0.2, 0.25) is 0 Å². The third-order valence-corrected chi connectivity index (χ3v) is 5.04. The van der Waals surface area contributed by atoms with E-state index < -0.39 is 0 Å². The molecular weight excluding hydrogens is 258 g/mol. The zero-order valence-corrected chi connectivity index (χ0v) is 12.0. The molecule has 6 heteroatoms. The van der Waals surface area contributed by atoms with Crippen molar-refractivity contribution in [2.75, 3.05) is 32.9 Å². The van der Waals surface area contributed by atoms with E-state index in [9.17, 15) is 0 Å². The zero-order chi connectivity index (χ0) is 14.0. The molecule has 3 aliphatic rings. The molecule has 0 aromatic heterocycles. The number of rotatable bonds is 2. The van der Waals surface area contributed by atoms with Crippen LogP contribution in [0.1, 0.15) is 32.1 Å². The van der Waals surface area contributed by atoms with Crippen molar-refractivity contribution < 1.29 is 14.7 Å². The first-order chi connectivity index (χ1) is 9.72. The van der Waals surface area contributed by atoms with Gasteiger partial charge in [-0.3, -0.25) is 4.90 Å². The Morgan fingerprint density at radius 3 is 3.00 bits per heavy atom. The van der Waals surface area contributed by atoms with Gasteiger partial charge in [-0.2, -0.15) is 0 Å². The second-order valence-corrected chi connectivity index (χ2v) is 6.34. The molecule has 114 valence electrons. The molecule has 0 amide bonds. The molecule has 3 fully saturated rings. The van der Waals surface area contributed by atoms with Gasteiger partial charge >= 0.3 is 0 Å². The Balaban J connectivity index is 1.63. The van der Waals surface area contributed by atoms with Crippen molar-refractivity contribution in [2.45, 2.75) is 43.7 Å². The van der Waals surface area contributed by atoms with Crippen LogP contribution in [0.4, 0.5) is 0 Å². The monoisotopic (exact) mass is 283 g/mol. The molecule has 3 aliphatic heterocycles. The second kappa shape index (κ2) is 5.87. The van der Waals surface area contributed by atoms with Gasteiger partial charge in [0.25, 0.3) is 0 Å². The average molecular weight is 283 g/mol. The van der Waals surface area contributed by atoms with Gasteiger partial charge in [0, 0.05) is 38.1 Å². The van der Waals surface area contributed by atoms with Gasteiger partial charge in [-0.25, -0.2) is 0 Å². The van der Waals surface area contributed by atoms with Crippen molar-refractivity contribution in [1.82, 2.24) is 4.90 Å². The molecule has 3 atom stereocenters. The summed E-state index contributed by atoms with van der Waals surface area (Å²) >= 11 is 0. The summed E-state index contributed by atoms with van der Waals surface area (Å²) in [5.74, 6) is 0.563. The van der Waals surface area contributed by atoms with Crippen LogP contribution < -0.4 is 5.73 Å². The summed E-state index contributed by atoms with van der Waals surface area (Å²) in [4.78, 5) is 2.51. The number of hydrogen-bond donors (Lipinski definition) is 2. The van der Waals surface area contributed by atoms with Gasteiger partial charge in [0.1, 0.15) is 5.84 Å². The van der Waals surface area contributed by atoms with Crippen LogP contribution in [0.5, 0.6) is 0 Å². The number of likely N-dealkylation sites (tertiary alicyclic amines) is 1. The first-order valence-corrected chi connectivity index (χ1v) is 7.66. The standard InChI is InChI=1S/C14H25N3O3/c15-13(16-18)11-2-1-5-17(9-11)12-3-6-20-14(8-12)4-7-19-10-14/h11-12,18H,1-10H2,(H2,15,16). The molecule has 20 heavy (non-hydrogen) atoms. The topological polar surface area (TPSA) is 80.3 Å². The number of amidine groups is 1. The van der Waals surface area contributed by atoms with Crippen molar-refractivity contribution in [3.05, 3.63) is 0 Å². The third-order valence-electron chi connectivity index (χ3n) is 5.04. The Morgan fingerprint density at radius 2 is 2.25 bits per heavy atom. The number of nitrogens with two attached hydrogens (primary N) is 1. The highest BCUT2D eigenvalue weighted by molar-refractivity contribution is 5.82. The van der Waals surface area contributed by atoms with Gasteiger partial charge in [-0.1, -0.05) is 5.16 Å². The fourth-order valence-electron chi connectivity index (χ4n) is 3.84. The third kappa shape index (κ3) is 2.77. The molecule has 6 nitrogen and oxygen atoms in total. The molecule has 0 bridgehead atoms. The molecule has 3 saturated heterocycles. The molecule has 3 unspecified atom stereocenters. The van der Waals surface area contributed by atoms with Crippen LogP contribution in [0, 0.1) is 5.92 Å². The summed E-state index contributed by atoms with van der Waals surface area (Å²) in [6, 6.07) is 0.541. The number of nitrogens with zero attached hydrogens (tertiary/aromatic N) is 2. The van der Waals surface area contributed by atoms with E-state index in [0.717, 1.165) is 65.0 Å². The lowest BCUT2D eigenvalue weighted by Crippen LogP contribution is -2.52. The van der Waals surface area contributed by atoms with Crippen LogP contribution >= 0.6 is 0 Å². The van der Waals surface area contributed by atoms with Crippen LogP contribution in [0.15, 0.2) is 5.16 Å². The molecule has 3 heterocycles. The molecule has 3 rings (SSSR count). The maximum atomic E-state index is 8.86. The largest absolute Gasteiger partial charge is 0.409 e. The van der Waals surface area contributed by atoms with E-state index in [1.807, 2.05) is 0 Å². The quantitative estimate of drug-likeness (QED) is 0.339. The van der Waals surface area contributed by atoms with E-state index in [-0.39, 0.29) is 11.5 Å². The first kappa shape index (κ1) is 14.1. The molecular formula is C14H25N3O3. The minimum Gasteiger partial charge on any atom is -0.409 e. The van der Waals surface area contributed by atoms with E-state index in [2.05, 4.69) is 10.1 Å². The summed E-state index contributed by atoms with van der Waals surface area (Å²) in [6.07, 6.45) is 5.27. The second-order valence-electron chi connectivity index (χ2n) is 6.34. The van der Waals surface area contributed by atoms with E-state index in [1.54, 1.807) is 0 Å². The van der Waals surface area contributed by atoms with Gasteiger partial charge in [0.2, 0.25) is 0 Å². The van der Waals surface area contributed by atoms with Crippen LogP contribution in [0.3, 0.4) is 0 Å². The van der Waals surface area contributed by atoms with Crippen molar-refractivity contribution in [3.63, 3.8) is 0 Å². The SMILES string of the molecule is NC(=NO)C1CCCN(C2CCOC3(CCOC3)C2)C1. The minimum atomic E-state index is -0.0491. The summed E-state index contributed by atoms with van der Waals surface area (Å²) in [6.45, 7) is 4.38. The van der Waals surface area contributed by atoms with Crippen LogP contribution in [-0.2, 0) is 9.47 Å². The molecule has 0 saturated carbocycles. The Labute approximate surface area is 119 Å². The molecule has 0 aliphatic carbocycles. The molecule has 0 aromatic carbocycles. The summed E-state index contributed by atoms with van der Waals surface area (Å²) in [5, 5.41) is 12.0. The van der Waals surface area contributed by atoms with Gasteiger partial charge in [-0.05, 0) is 32.2 Å². The lowest BCUT2D eigenvalue weighted by molar-refractivity contribution is -0.109. The predicted molar refractivity (Wildman–Crippen MR) is 74.8 cm³/mol. The molecule has 3 N–H and O–H groups in total. The smallest absolute Gasteiger partial charge is 0.143 e. The van der Waals surface area contributed by atoms with Gasteiger partial charge in [-0.15, -0.1) is 0 Å². The number of oxime groups is 1. The Morgan fingerprint density at radius 1 is 1.35 bits per heavy atom. The van der Waals surface area contributed by atoms with Crippen molar-refractivity contribution >= 4 is 5.84 Å².